The molecule has 2 rings (SSSR count). The monoisotopic (exact) mass is 254 g/mol. The Kier molecular flexibility index (Phi) is 4.19. The molecule has 0 saturated carbocycles. The van der Waals surface area contributed by atoms with Crippen molar-refractivity contribution < 1.29 is 9.15 Å². The molecule has 1 aliphatic rings. The van der Waals surface area contributed by atoms with Gasteiger partial charge in [0.25, 0.3) is 0 Å². The van der Waals surface area contributed by atoms with E-state index in [2.05, 4.69) is 27.3 Å². The predicted octanol–water partition coefficient (Wildman–Crippen LogP) is 1.21. The van der Waals surface area contributed by atoms with E-state index in [4.69, 9.17) is 9.15 Å². The number of aromatic nitrogens is 2. The molecule has 0 amide bonds. The van der Waals surface area contributed by atoms with Crippen molar-refractivity contribution in [1.82, 2.24) is 15.5 Å². The molecule has 0 bridgehead atoms. The second-order valence-electron chi connectivity index (χ2n) is 4.92. The van der Waals surface area contributed by atoms with Crippen LogP contribution in [0.2, 0.25) is 0 Å². The molecule has 0 spiro atoms. The van der Waals surface area contributed by atoms with Gasteiger partial charge in [0.1, 0.15) is 0 Å². The first-order chi connectivity index (χ1) is 8.65. The standard InChI is InChI=1S/C12H22N4O2/c1-8-5-6-16(7-10(8)17-4)12-15-14-11(18-12)9(2)13-3/h8-10,13H,5-7H2,1-4H3. The highest BCUT2D eigenvalue weighted by Gasteiger charge is 2.29. The molecular formula is C12H22N4O2. The summed E-state index contributed by atoms with van der Waals surface area (Å²) in [5, 5.41) is 11.3. The number of anilines is 1. The second kappa shape index (κ2) is 5.67. The van der Waals surface area contributed by atoms with Gasteiger partial charge in [0.15, 0.2) is 0 Å². The summed E-state index contributed by atoms with van der Waals surface area (Å²) < 4.78 is 11.2. The van der Waals surface area contributed by atoms with Crippen LogP contribution in [0.25, 0.3) is 0 Å². The number of rotatable bonds is 4. The van der Waals surface area contributed by atoms with Gasteiger partial charge in [0, 0.05) is 20.2 Å². The molecular weight excluding hydrogens is 232 g/mol. The maximum atomic E-state index is 5.69. The SMILES string of the molecule is CNC(C)c1nnc(N2CCC(C)C(OC)C2)o1. The van der Waals surface area contributed by atoms with Crippen LogP contribution in [-0.4, -0.2) is 43.5 Å². The Morgan fingerprint density at radius 3 is 2.94 bits per heavy atom. The van der Waals surface area contributed by atoms with Gasteiger partial charge >= 0.3 is 6.01 Å². The summed E-state index contributed by atoms with van der Waals surface area (Å²) in [6, 6.07) is 0.675. The number of nitrogens with zero attached hydrogens (tertiary/aromatic N) is 3. The third-order valence-corrected chi connectivity index (χ3v) is 3.70. The van der Waals surface area contributed by atoms with Crippen LogP contribution in [0.1, 0.15) is 32.2 Å². The molecule has 6 heteroatoms. The van der Waals surface area contributed by atoms with Crippen LogP contribution in [0.3, 0.4) is 0 Å². The third-order valence-electron chi connectivity index (χ3n) is 3.70. The van der Waals surface area contributed by atoms with Crippen LogP contribution in [0.5, 0.6) is 0 Å². The Hall–Kier alpha value is -1.14. The van der Waals surface area contributed by atoms with E-state index in [0.717, 1.165) is 19.5 Å². The highest BCUT2D eigenvalue weighted by atomic mass is 16.5. The average molecular weight is 254 g/mol. The van der Waals surface area contributed by atoms with Gasteiger partial charge in [0.05, 0.1) is 12.1 Å². The molecule has 1 aromatic rings. The van der Waals surface area contributed by atoms with Crippen LogP contribution in [0.15, 0.2) is 4.42 Å². The van der Waals surface area contributed by atoms with Crippen molar-refractivity contribution in [1.29, 1.82) is 0 Å². The maximum Gasteiger partial charge on any atom is 0.318 e. The average Bonchev–Trinajstić information content (AvgIpc) is 2.88. The Morgan fingerprint density at radius 2 is 2.28 bits per heavy atom. The predicted molar refractivity (Wildman–Crippen MR) is 68.6 cm³/mol. The normalized spacial score (nSPS) is 26.3. The molecule has 1 fully saturated rings. The van der Waals surface area contributed by atoms with E-state index in [9.17, 15) is 0 Å². The van der Waals surface area contributed by atoms with E-state index in [1.54, 1.807) is 7.11 Å². The van der Waals surface area contributed by atoms with Crippen molar-refractivity contribution in [2.45, 2.75) is 32.4 Å². The highest BCUT2D eigenvalue weighted by molar-refractivity contribution is 5.26. The smallest absolute Gasteiger partial charge is 0.318 e. The number of hydrogen-bond acceptors (Lipinski definition) is 6. The quantitative estimate of drug-likeness (QED) is 0.871. The first kappa shape index (κ1) is 13.3. The van der Waals surface area contributed by atoms with E-state index >= 15 is 0 Å². The van der Waals surface area contributed by atoms with Crippen molar-refractivity contribution in [3.05, 3.63) is 5.89 Å². The van der Waals surface area contributed by atoms with Crippen LogP contribution in [0, 0.1) is 5.92 Å². The van der Waals surface area contributed by atoms with Crippen LogP contribution < -0.4 is 10.2 Å². The molecule has 2 heterocycles. The van der Waals surface area contributed by atoms with Crippen LogP contribution >= 0.6 is 0 Å². The lowest BCUT2D eigenvalue weighted by Crippen LogP contribution is -2.44. The van der Waals surface area contributed by atoms with Crippen molar-refractivity contribution in [3.63, 3.8) is 0 Å². The van der Waals surface area contributed by atoms with E-state index in [1.165, 1.54) is 0 Å². The zero-order chi connectivity index (χ0) is 13.1. The number of hydrogen-bond donors (Lipinski definition) is 1. The molecule has 0 aromatic carbocycles. The minimum atomic E-state index is 0.0770. The summed E-state index contributed by atoms with van der Waals surface area (Å²) in [5.41, 5.74) is 0. The van der Waals surface area contributed by atoms with Crippen LogP contribution in [0.4, 0.5) is 6.01 Å². The van der Waals surface area contributed by atoms with Crippen molar-refractivity contribution in [2.75, 3.05) is 32.1 Å². The summed E-state index contributed by atoms with van der Waals surface area (Å²) in [7, 11) is 3.63. The largest absolute Gasteiger partial charge is 0.406 e. The third kappa shape index (κ3) is 2.64. The fraction of sp³-hybridized carbons (Fsp3) is 0.833. The minimum Gasteiger partial charge on any atom is -0.406 e. The topological polar surface area (TPSA) is 63.4 Å². The van der Waals surface area contributed by atoms with Gasteiger partial charge in [-0.3, -0.25) is 0 Å². The summed E-state index contributed by atoms with van der Waals surface area (Å²) in [6.45, 7) is 5.96. The second-order valence-corrected chi connectivity index (χ2v) is 4.92. The van der Waals surface area contributed by atoms with Crippen molar-refractivity contribution >= 4 is 6.01 Å². The molecule has 6 nitrogen and oxygen atoms in total. The van der Waals surface area contributed by atoms with Gasteiger partial charge in [-0.2, -0.15) is 0 Å². The molecule has 1 saturated heterocycles. The van der Waals surface area contributed by atoms with E-state index in [-0.39, 0.29) is 12.1 Å². The molecule has 3 unspecified atom stereocenters. The van der Waals surface area contributed by atoms with Gasteiger partial charge < -0.3 is 19.4 Å². The molecule has 3 atom stereocenters. The summed E-state index contributed by atoms with van der Waals surface area (Å²) in [4.78, 5) is 2.10. The number of ether oxygens (including phenoxy) is 1. The minimum absolute atomic E-state index is 0.0770. The Labute approximate surface area is 108 Å². The lowest BCUT2D eigenvalue weighted by Gasteiger charge is -2.34. The Morgan fingerprint density at radius 1 is 1.50 bits per heavy atom. The molecule has 1 aliphatic heterocycles. The summed E-state index contributed by atoms with van der Waals surface area (Å²) >= 11 is 0. The lowest BCUT2D eigenvalue weighted by molar-refractivity contribution is 0.0485. The molecule has 18 heavy (non-hydrogen) atoms. The number of nitrogens with one attached hydrogen (secondary N) is 1. The highest BCUT2D eigenvalue weighted by Crippen LogP contribution is 2.24. The van der Waals surface area contributed by atoms with Gasteiger partial charge in [-0.1, -0.05) is 12.0 Å². The molecule has 1 N–H and O–H groups in total. The van der Waals surface area contributed by atoms with E-state index in [0.29, 0.717) is 17.8 Å². The Bertz CT molecular complexity index is 382. The summed E-state index contributed by atoms with van der Waals surface area (Å²) in [6.07, 6.45) is 1.31. The van der Waals surface area contributed by atoms with Crippen molar-refractivity contribution in [3.8, 4) is 0 Å². The van der Waals surface area contributed by atoms with Crippen LogP contribution in [-0.2, 0) is 4.74 Å². The van der Waals surface area contributed by atoms with Gasteiger partial charge in [-0.25, -0.2) is 0 Å². The molecule has 102 valence electrons. The zero-order valence-corrected chi connectivity index (χ0v) is 11.5. The van der Waals surface area contributed by atoms with Gasteiger partial charge in [-0.05, 0) is 26.3 Å². The first-order valence-corrected chi connectivity index (χ1v) is 6.44. The Balaban J connectivity index is 2.05. The fourth-order valence-electron chi connectivity index (χ4n) is 2.17. The summed E-state index contributed by atoms with van der Waals surface area (Å²) in [5.74, 6) is 1.20. The van der Waals surface area contributed by atoms with Gasteiger partial charge in [0.2, 0.25) is 5.89 Å². The lowest BCUT2D eigenvalue weighted by atomic mass is 9.96. The zero-order valence-electron chi connectivity index (χ0n) is 11.5. The molecule has 1 aromatic heterocycles. The fourth-order valence-corrected chi connectivity index (χ4v) is 2.17. The van der Waals surface area contributed by atoms with E-state index in [1.807, 2.05) is 14.0 Å². The maximum absolute atomic E-state index is 5.69. The molecule has 0 radical (unpaired) electrons. The molecule has 0 aliphatic carbocycles. The first-order valence-electron chi connectivity index (χ1n) is 6.44. The van der Waals surface area contributed by atoms with Crippen molar-refractivity contribution in [2.24, 2.45) is 5.92 Å². The number of piperidine rings is 1. The number of methoxy groups -OCH3 is 1. The van der Waals surface area contributed by atoms with E-state index < -0.39 is 0 Å². The van der Waals surface area contributed by atoms with Gasteiger partial charge in [-0.15, -0.1) is 5.10 Å².